The number of likely N-dealkylation sites (tertiary alicyclic amines) is 1. The van der Waals surface area contributed by atoms with Gasteiger partial charge in [-0.25, -0.2) is 0 Å². The van der Waals surface area contributed by atoms with E-state index in [0.29, 0.717) is 6.54 Å². The van der Waals surface area contributed by atoms with Crippen molar-refractivity contribution in [1.82, 2.24) is 4.90 Å². The summed E-state index contributed by atoms with van der Waals surface area (Å²) in [6.45, 7) is 5.40. The molecule has 84 valence electrons. The molecular weight excluding hydrogens is 204 g/mol. The van der Waals surface area contributed by atoms with E-state index in [2.05, 4.69) is 24.0 Å². The summed E-state index contributed by atoms with van der Waals surface area (Å²) in [5, 5.41) is 0. The number of nitrogens with two attached hydrogens (primary N) is 1. The standard InChI is InChI=1S/C12H20N2S/c1-10-4-2-3-7-14(10)9-12-6-5-11(8-13)15-12/h5-6,10H,2-4,7-9,13H2,1H3. The lowest BCUT2D eigenvalue weighted by atomic mass is 10.0. The highest BCUT2D eigenvalue weighted by Crippen LogP contribution is 2.23. The Morgan fingerprint density at radius 1 is 1.40 bits per heavy atom. The van der Waals surface area contributed by atoms with Crippen LogP contribution in [-0.4, -0.2) is 17.5 Å². The molecule has 0 bridgehead atoms. The van der Waals surface area contributed by atoms with Crippen molar-refractivity contribution in [2.24, 2.45) is 5.73 Å². The molecule has 1 aliphatic heterocycles. The van der Waals surface area contributed by atoms with Gasteiger partial charge in [0.1, 0.15) is 0 Å². The van der Waals surface area contributed by atoms with Gasteiger partial charge in [-0.3, -0.25) is 4.90 Å². The topological polar surface area (TPSA) is 29.3 Å². The van der Waals surface area contributed by atoms with E-state index in [1.54, 1.807) is 0 Å². The first-order valence-corrected chi connectivity index (χ1v) is 6.63. The van der Waals surface area contributed by atoms with E-state index in [9.17, 15) is 0 Å². The fraction of sp³-hybridized carbons (Fsp3) is 0.667. The van der Waals surface area contributed by atoms with Crippen molar-refractivity contribution in [2.45, 2.75) is 45.3 Å². The Balaban J connectivity index is 1.95. The summed E-state index contributed by atoms with van der Waals surface area (Å²) >= 11 is 1.86. The highest BCUT2D eigenvalue weighted by molar-refractivity contribution is 7.11. The van der Waals surface area contributed by atoms with Crippen LogP contribution in [0.5, 0.6) is 0 Å². The predicted octanol–water partition coefficient (Wildman–Crippen LogP) is 2.58. The van der Waals surface area contributed by atoms with Crippen LogP contribution >= 0.6 is 11.3 Å². The van der Waals surface area contributed by atoms with Crippen LogP contribution in [0.2, 0.25) is 0 Å². The maximum atomic E-state index is 5.62. The zero-order chi connectivity index (χ0) is 10.7. The van der Waals surface area contributed by atoms with Crippen molar-refractivity contribution < 1.29 is 0 Å². The van der Waals surface area contributed by atoms with E-state index < -0.39 is 0 Å². The maximum absolute atomic E-state index is 5.62. The minimum absolute atomic E-state index is 0.681. The molecule has 2 nitrogen and oxygen atoms in total. The van der Waals surface area contributed by atoms with Gasteiger partial charge in [-0.1, -0.05) is 6.42 Å². The molecule has 1 unspecified atom stereocenters. The summed E-state index contributed by atoms with van der Waals surface area (Å²) in [5.74, 6) is 0. The molecular formula is C12H20N2S. The predicted molar refractivity (Wildman–Crippen MR) is 65.9 cm³/mol. The summed E-state index contributed by atoms with van der Waals surface area (Å²) in [4.78, 5) is 5.36. The molecule has 3 heteroatoms. The van der Waals surface area contributed by atoms with Crippen molar-refractivity contribution in [3.8, 4) is 0 Å². The van der Waals surface area contributed by atoms with E-state index in [4.69, 9.17) is 5.73 Å². The average molecular weight is 224 g/mol. The molecule has 1 aliphatic rings. The fourth-order valence-corrected chi connectivity index (χ4v) is 3.13. The monoisotopic (exact) mass is 224 g/mol. The first kappa shape index (κ1) is 11.1. The van der Waals surface area contributed by atoms with Gasteiger partial charge in [-0.2, -0.15) is 0 Å². The van der Waals surface area contributed by atoms with Crippen molar-refractivity contribution in [2.75, 3.05) is 6.54 Å². The highest BCUT2D eigenvalue weighted by atomic mass is 32.1. The molecule has 0 amide bonds. The minimum Gasteiger partial charge on any atom is -0.326 e. The van der Waals surface area contributed by atoms with Crippen LogP contribution in [-0.2, 0) is 13.1 Å². The third kappa shape index (κ3) is 2.80. The molecule has 1 aromatic rings. The van der Waals surface area contributed by atoms with E-state index in [1.807, 2.05) is 11.3 Å². The quantitative estimate of drug-likeness (QED) is 0.855. The van der Waals surface area contributed by atoms with Gasteiger partial charge in [0.05, 0.1) is 0 Å². The molecule has 2 heterocycles. The molecule has 2 N–H and O–H groups in total. The minimum atomic E-state index is 0.681. The first-order chi connectivity index (χ1) is 7.29. The lowest BCUT2D eigenvalue weighted by molar-refractivity contribution is 0.154. The average Bonchev–Trinajstić information content (AvgIpc) is 2.69. The van der Waals surface area contributed by atoms with E-state index in [1.165, 1.54) is 35.6 Å². The second-order valence-electron chi connectivity index (χ2n) is 4.39. The molecule has 0 aliphatic carbocycles. The third-order valence-corrected chi connectivity index (χ3v) is 4.31. The van der Waals surface area contributed by atoms with Crippen molar-refractivity contribution >= 4 is 11.3 Å². The molecule has 1 aromatic heterocycles. The first-order valence-electron chi connectivity index (χ1n) is 5.81. The number of piperidine rings is 1. The number of hydrogen-bond acceptors (Lipinski definition) is 3. The Bertz CT molecular complexity index is 308. The van der Waals surface area contributed by atoms with Crippen LogP contribution < -0.4 is 5.73 Å². The second kappa shape index (κ2) is 5.10. The van der Waals surface area contributed by atoms with Gasteiger partial charge < -0.3 is 5.73 Å². The number of thiophene rings is 1. The van der Waals surface area contributed by atoms with Crippen molar-refractivity contribution in [3.05, 3.63) is 21.9 Å². The lowest BCUT2D eigenvalue weighted by Crippen LogP contribution is -2.36. The molecule has 1 atom stereocenters. The van der Waals surface area contributed by atoms with Crippen LogP contribution in [0.1, 0.15) is 35.9 Å². The Morgan fingerprint density at radius 2 is 2.20 bits per heavy atom. The van der Waals surface area contributed by atoms with Gasteiger partial charge in [-0.15, -0.1) is 11.3 Å². The molecule has 0 spiro atoms. The summed E-state index contributed by atoms with van der Waals surface area (Å²) in [6.07, 6.45) is 4.12. The zero-order valence-electron chi connectivity index (χ0n) is 9.41. The largest absolute Gasteiger partial charge is 0.326 e. The van der Waals surface area contributed by atoms with Crippen LogP contribution in [0.25, 0.3) is 0 Å². The number of hydrogen-bond donors (Lipinski definition) is 1. The zero-order valence-corrected chi connectivity index (χ0v) is 10.2. The van der Waals surface area contributed by atoms with Crippen molar-refractivity contribution in [3.63, 3.8) is 0 Å². The van der Waals surface area contributed by atoms with E-state index in [0.717, 1.165) is 12.6 Å². The summed E-state index contributed by atoms with van der Waals surface area (Å²) < 4.78 is 0. The van der Waals surface area contributed by atoms with Gasteiger partial charge in [0.15, 0.2) is 0 Å². The van der Waals surface area contributed by atoms with Gasteiger partial charge in [-0.05, 0) is 38.4 Å². The van der Waals surface area contributed by atoms with Crippen LogP contribution in [0, 0.1) is 0 Å². The summed E-state index contributed by atoms with van der Waals surface area (Å²) in [7, 11) is 0. The Labute approximate surface area is 96.1 Å². The summed E-state index contributed by atoms with van der Waals surface area (Å²) in [6, 6.07) is 5.14. The Kier molecular flexibility index (Phi) is 3.78. The normalized spacial score (nSPS) is 23.2. The molecule has 0 saturated carbocycles. The van der Waals surface area contributed by atoms with Crippen LogP contribution in [0.15, 0.2) is 12.1 Å². The summed E-state index contributed by atoms with van der Waals surface area (Å²) in [5.41, 5.74) is 5.62. The lowest BCUT2D eigenvalue weighted by Gasteiger charge is -2.32. The van der Waals surface area contributed by atoms with E-state index in [-0.39, 0.29) is 0 Å². The molecule has 0 radical (unpaired) electrons. The van der Waals surface area contributed by atoms with Gasteiger partial charge in [0, 0.05) is 28.9 Å². The fourth-order valence-electron chi connectivity index (χ4n) is 2.21. The van der Waals surface area contributed by atoms with Crippen molar-refractivity contribution in [1.29, 1.82) is 0 Å². The SMILES string of the molecule is CC1CCCCN1Cc1ccc(CN)s1. The number of rotatable bonds is 3. The van der Waals surface area contributed by atoms with Crippen LogP contribution in [0.3, 0.4) is 0 Å². The molecule has 0 aromatic carbocycles. The van der Waals surface area contributed by atoms with Crippen LogP contribution in [0.4, 0.5) is 0 Å². The second-order valence-corrected chi connectivity index (χ2v) is 5.64. The molecule has 15 heavy (non-hydrogen) atoms. The Hall–Kier alpha value is -0.380. The third-order valence-electron chi connectivity index (χ3n) is 3.22. The van der Waals surface area contributed by atoms with Gasteiger partial charge >= 0.3 is 0 Å². The smallest absolute Gasteiger partial charge is 0.0330 e. The maximum Gasteiger partial charge on any atom is 0.0330 e. The highest BCUT2D eigenvalue weighted by Gasteiger charge is 2.18. The molecule has 1 fully saturated rings. The number of nitrogens with zero attached hydrogens (tertiary/aromatic N) is 1. The molecule has 2 rings (SSSR count). The Morgan fingerprint density at radius 3 is 2.87 bits per heavy atom. The van der Waals surface area contributed by atoms with E-state index >= 15 is 0 Å². The van der Waals surface area contributed by atoms with Gasteiger partial charge in [0.2, 0.25) is 0 Å². The van der Waals surface area contributed by atoms with Gasteiger partial charge in [0.25, 0.3) is 0 Å². The molecule has 1 saturated heterocycles.